The smallest absolute Gasteiger partial charge is 0.0221 e. The Balaban J connectivity index is 2.23. The first kappa shape index (κ1) is 12.9. The Bertz CT molecular complexity index is 150. The monoisotopic (exact) mass is 213 g/mol. The molecule has 1 aliphatic rings. The van der Waals surface area contributed by atoms with Crippen molar-refractivity contribution >= 4 is 0 Å². The molecule has 0 amide bonds. The molecule has 0 aliphatic carbocycles. The van der Waals surface area contributed by atoms with Crippen LogP contribution in [0.25, 0.3) is 0 Å². The van der Waals surface area contributed by atoms with Gasteiger partial charge in [0.25, 0.3) is 0 Å². The predicted molar refractivity (Wildman–Crippen MR) is 66.3 cm³/mol. The van der Waals surface area contributed by atoms with Crippen molar-refractivity contribution in [3.05, 3.63) is 0 Å². The van der Waals surface area contributed by atoms with Crippen molar-refractivity contribution in [3.63, 3.8) is 0 Å². The number of nitrogens with one attached hydrogen (secondary N) is 1. The lowest BCUT2D eigenvalue weighted by Gasteiger charge is -2.26. The summed E-state index contributed by atoms with van der Waals surface area (Å²) in [7, 11) is 4.30. The minimum Gasteiger partial charge on any atom is -0.313 e. The molecule has 0 bridgehead atoms. The third-order valence-electron chi connectivity index (χ3n) is 3.10. The third kappa shape index (κ3) is 4.96. The van der Waals surface area contributed by atoms with Gasteiger partial charge >= 0.3 is 0 Å². The van der Waals surface area contributed by atoms with Crippen LogP contribution in [0.1, 0.15) is 26.7 Å². The summed E-state index contributed by atoms with van der Waals surface area (Å²) >= 11 is 0. The van der Waals surface area contributed by atoms with E-state index in [1.807, 2.05) is 0 Å². The Labute approximate surface area is 94.8 Å². The molecule has 0 radical (unpaired) electrons. The maximum atomic E-state index is 3.55. The summed E-state index contributed by atoms with van der Waals surface area (Å²) in [5, 5.41) is 3.55. The first-order chi connectivity index (χ1) is 7.09. The lowest BCUT2D eigenvalue weighted by atomic mass is 10.2. The van der Waals surface area contributed by atoms with Crippen LogP contribution in [0.3, 0.4) is 0 Å². The van der Waals surface area contributed by atoms with E-state index in [-0.39, 0.29) is 0 Å². The highest BCUT2D eigenvalue weighted by Gasteiger charge is 2.23. The summed E-state index contributed by atoms with van der Waals surface area (Å²) in [6.45, 7) is 9.29. The van der Waals surface area contributed by atoms with Gasteiger partial charge in [-0.25, -0.2) is 0 Å². The Morgan fingerprint density at radius 3 is 2.73 bits per heavy atom. The second-order valence-electron chi connectivity index (χ2n) is 5.20. The van der Waals surface area contributed by atoms with Crippen LogP contribution in [0.5, 0.6) is 0 Å². The average molecular weight is 213 g/mol. The van der Waals surface area contributed by atoms with Crippen molar-refractivity contribution in [1.82, 2.24) is 15.1 Å². The second-order valence-corrected chi connectivity index (χ2v) is 5.20. The molecule has 0 aromatic heterocycles. The van der Waals surface area contributed by atoms with E-state index in [9.17, 15) is 0 Å². The van der Waals surface area contributed by atoms with Crippen LogP contribution >= 0.6 is 0 Å². The fourth-order valence-electron chi connectivity index (χ4n) is 2.12. The molecule has 1 fully saturated rings. The molecular formula is C12H27N3. The Hall–Kier alpha value is -0.120. The maximum Gasteiger partial charge on any atom is 0.0221 e. The highest BCUT2D eigenvalue weighted by Crippen LogP contribution is 2.15. The molecule has 0 aromatic rings. The Morgan fingerprint density at radius 2 is 2.13 bits per heavy atom. The largest absolute Gasteiger partial charge is 0.313 e. The van der Waals surface area contributed by atoms with Gasteiger partial charge in [0.05, 0.1) is 0 Å². The lowest BCUT2D eigenvalue weighted by Crippen LogP contribution is -2.42. The number of hydrogen-bond donors (Lipinski definition) is 1. The number of nitrogens with zero attached hydrogens (tertiary/aromatic N) is 2. The molecule has 0 spiro atoms. The number of likely N-dealkylation sites (tertiary alicyclic amines) is 1. The highest BCUT2D eigenvalue weighted by molar-refractivity contribution is 4.81. The average Bonchev–Trinajstić information content (AvgIpc) is 2.58. The zero-order chi connectivity index (χ0) is 11.3. The number of rotatable bonds is 6. The predicted octanol–water partition coefficient (Wildman–Crippen LogP) is 1.01. The van der Waals surface area contributed by atoms with Crippen molar-refractivity contribution in [2.24, 2.45) is 0 Å². The number of likely N-dealkylation sites (N-methyl/N-ethyl adjacent to an activating group) is 1. The van der Waals surface area contributed by atoms with Gasteiger partial charge in [0, 0.05) is 31.7 Å². The third-order valence-corrected chi connectivity index (χ3v) is 3.10. The normalized spacial score (nSPS) is 23.2. The van der Waals surface area contributed by atoms with E-state index >= 15 is 0 Å². The standard InChI is InChI=1S/C12H27N3/c1-11(2)13-10-12-6-5-7-15(12)9-8-14(3)4/h11-13H,5-10H2,1-4H3. The van der Waals surface area contributed by atoms with E-state index in [2.05, 4.69) is 43.1 Å². The topological polar surface area (TPSA) is 18.5 Å². The Morgan fingerprint density at radius 1 is 1.40 bits per heavy atom. The molecule has 90 valence electrons. The van der Waals surface area contributed by atoms with Gasteiger partial charge in [0.1, 0.15) is 0 Å². The van der Waals surface area contributed by atoms with Gasteiger partial charge in [-0.3, -0.25) is 4.90 Å². The molecule has 1 unspecified atom stereocenters. The molecular weight excluding hydrogens is 186 g/mol. The molecule has 3 nitrogen and oxygen atoms in total. The van der Waals surface area contributed by atoms with E-state index in [0.29, 0.717) is 6.04 Å². The highest BCUT2D eigenvalue weighted by atomic mass is 15.2. The van der Waals surface area contributed by atoms with Crippen LogP contribution in [0.2, 0.25) is 0 Å². The number of hydrogen-bond acceptors (Lipinski definition) is 3. The lowest BCUT2D eigenvalue weighted by molar-refractivity contribution is 0.219. The van der Waals surface area contributed by atoms with Crippen LogP contribution in [-0.4, -0.2) is 62.2 Å². The molecule has 1 atom stereocenters. The zero-order valence-corrected chi connectivity index (χ0v) is 10.8. The molecule has 1 N–H and O–H groups in total. The molecule has 3 heteroatoms. The fraction of sp³-hybridized carbons (Fsp3) is 1.00. The van der Waals surface area contributed by atoms with E-state index in [1.165, 1.54) is 32.5 Å². The first-order valence-corrected chi connectivity index (χ1v) is 6.21. The van der Waals surface area contributed by atoms with Crippen molar-refractivity contribution in [1.29, 1.82) is 0 Å². The second kappa shape index (κ2) is 6.46. The zero-order valence-electron chi connectivity index (χ0n) is 10.8. The van der Waals surface area contributed by atoms with Gasteiger partial charge in [-0.05, 0) is 33.5 Å². The first-order valence-electron chi connectivity index (χ1n) is 6.21. The fourth-order valence-corrected chi connectivity index (χ4v) is 2.12. The van der Waals surface area contributed by atoms with Gasteiger partial charge in [-0.1, -0.05) is 13.8 Å². The van der Waals surface area contributed by atoms with Crippen molar-refractivity contribution in [2.75, 3.05) is 40.3 Å². The van der Waals surface area contributed by atoms with Crippen LogP contribution in [0, 0.1) is 0 Å². The van der Waals surface area contributed by atoms with E-state index in [4.69, 9.17) is 0 Å². The molecule has 1 rings (SSSR count). The van der Waals surface area contributed by atoms with Gasteiger partial charge in [0.2, 0.25) is 0 Å². The van der Waals surface area contributed by atoms with Crippen LogP contribution in [0.4, 0.5) is 0 Å². The molecule has 0 aromatic carbocycles. The quantitative estimate of drug-likeness (QED) is 0.710. The van der Waals surface area contributed by atoms with Crippen molar-refractivity contribution in [2.45, 2.75) is 38.8 Å². The van der Waals surface area contributed by atoms with Crippen molar-refractivity contribution < 1.29 is 0 Å². The SMILES string of the molecule is CC(C)NCC1CCCN1CCN(C)C. The molecule has 15 heavy (non-hydrogen) atoms. The van der Waals surface area contributed by atoms with Crippen LogP contribution in [-0.2, 0) is 0 Å². The maximum absolute atomic E-state index is 3.55. The molecule has 1 aliphatic heterocycles. The molecule has 1 saturated heterocycles. The minimum absolute atomic E-state index is 0.612. The van der Waals surface area contributed by atoms with E-state index < -0.39 is 0 Å². The Kier molecular flexibility index (Phi) is 5.58. The minimum atomic E-state index is 0.612. The van der Waals surface area contributed by atoms with Gasteiger partial charge in [0.15, 0.2) is 0 Å². The molecule has 0 saturated carbocycles. The summed E-state index contributed by atoms with van der Waals surface area (Å²) in [6, 6.07) is 1.38. The van der Waals surface area contributed by atoms with Gasteiger partial charge in [-0.15, -0.1) is 0 Å². The van der Waals surface area contributed by atoms with Gasteiger partial charge < -0.3 is 10.2 Å². The summed E-state index contributed by atoms with van der Waals surface area (Å²) in [5.74, 6) is 0. The summed E-state index contributed by atoms with van der Waals surface area (Å²) in [6.07, 6.45) is 2.74. The van der Waals surface area contributed by atoms with Crippen LogP contribution < -0.4 is 5.32 Å². The van der Waals surface area contributed by atoms with E-state index in [0.717, 1.165) is 12.6 Å². The van der Waals surface area contributed by atoms with Gasteiger partial charge in [-0.2, -0.15) is 0 Å². The van der Waals surface area contributed by atoms with Crippen LogP contribution in [0.15, 0.2) is 0 Å². The summed E-state index contributed by atoms with van der Waals surface area (Å²) < 4.78 is 0. The summed E-state index contributed by atoms with van der Waals surface area (Å²) in [4.78, 5) is 4.90. The summed E-state index contributed by atoms with van der Waals surface area (Å²) in [5.41, 5.74) is 0. The van der Waals surface area contributed by atoms with Crippen molar-refractivity contribution in [3.8, 4) is 0 Å². The van der Waals surface area contributed by atoms with E-state index in [1.54, 1.807) is 0 Å². The molecule has 1 heterocycles.